The first-order chi connectivity index (χ1) is 13.6. The van der Waals surface area contributed by atoms with Crippen LogP contribution in [-0.4, -0.2) is 46.4 Å². The van der Waals surface area contributed by atoms with Gasteiger partial charge in [-0.3, -0.25) is 4.21 Å². The zero-order chi connectivity index (χ0) is 19.5. The van der Waals surface area contributed by atoms with E-state index in [0.29, 0.717) is 18.7 Å². The molecule has 1 N–H and O–H groups in total. The highest BCUT2D eigenvalue weighted by Gasteiger charge is 2.25. The lowest BCUT2D eigenvalue weighted by Gasteiger charge is -2.16. The van der Waals surface area contributed by atoms with E-state index in [2.05, 4.69) is 14.6 Å². The molecule has 3 heterocycles. The van der Waals surface area contributed by atoms with Crippen molar-refractivity contribution in [2.24, 2.45) is 0 Å². The zero-order valence-corrected chi connectivity index (χ0v) is 16.9. The third-order valence-electron chi connectivity index (χ3n) is 5.07. The molecule has 3 aromatic rings. The third kappa shape index (κ3) is 4.51. The van der Waals surface area contributed by atoms with Crippen LogP contribution in [0.1, 0.15) is 16.9 Å². The second-order valence-electron chi connectivity index (χ2n) is 6.92. The zero-order valence-electron chi connectivity index (χ0n) is 15.3. The van der Waals surface area contributed by atoms with E-state index in [1.165, 1.54) is 0 Å². The molecule has 1 aromatic carbocycles. The number of aromatic nitrogens is 1. The first-order valence-corrected chi connectivity index (χ1v) is 11.5. The normalized spacial score (nSPS) is 19.0. The predicted molar refractivity (Wildman–Crippen MR) is 108 cm³/mol. The largest absolute Gasteiger partial charge is 0.361 e. The second-order valence-corrected chi connectivity index (χ2v) is 9.37. The Kier molecular flexibility index (Phi) is 6.20. The fraction of sp³-hybridized carbons (Fsp3) is 0.400. The van der Waals surface area contributed by atoms with Gasteiger partial charge in [0.15, 0.2) is 0 Å². The standard InChI is InChI=1S/C20H22F2N2O2S2/c21-20(22)26-15-7-9-24(12-15)8-6-14-11-23-17-4-1-5-18(19(14)17)28(25)13-16-3-2-10-27-16/h1-5,10-11,15,20,23H,6-9,12-13H2/t15-,28?/m0/s1. The quantitative estimate of drug-likeness (QED) is 0.583. The summed E-state index contributed by atoms with van der Waals surface area (Å²) in [5.74, 6) is 0.514. The van der Waals surface area contributed by atoms with E-state index in [1.807, 2.05) is 41.9 Å². The highest BCUT2D eigenvalue weighted by Crippen LogP contribution is 2.28. The SMILES string of the molecule is O=S(Cc1cccs1)c1cccc2[nH]cc(CCN3CC[C@H](OC(F)F)C3)c12. The highest BCUT2D eigenvalue weighted by atomic mass is 32.2. The molecule has 0 amide bonds. The van der Waals surface area contributed by atoms with Gasteiger partial charge in [0.25, 0.3) is 0 Å². The molecule has 0 aliphatic carbocycles. The van der Waals surface area contributed by atoms with Crippen LogP contribution >= 0.6 is 11.3 Å². The molecule has 4 rings (SSSR count). The minimum atomic E-state index is -2.71. The Morgan fingerprint density at radius 3 is 3.00 bits per heavy atom. The van der Waals surface area contributed by atoms with E-state index in [4.69, 9.17) is 0 Å². The van der Waals surface area contributed by atoms with Crippen molar-refractivity contribution in [1.29, 1.82) is 0 Å². The van der Waals surface area contributed by atoms with E-state index < -0.39 is 23.5 Å². The van der Waals surface area contributed by atoms with Crippen molar-refractivity contribution in [3.63, 3.8) is 0 Å². The highest BCUT2D eigenvalue weighted by molar-refractivity contribution is 7.84. The molecule has 1 aliphatic heterocycles. The van der Waals surface area contributed by atoms with Gasteiger partial charge < -0.3 is 14.6 Å². The summed E-state index contributed by atoms with van der Waals surface area (Å²) in [5.41, 5.74) is 2.09. The summed E-state index contributed by atoms with van der Waals surface area (Å²) in [6, 6.07) is 9.84. The molecule has 8 heteroatoms. The molecule has 0 spiro atoms. The van der Waals surface area contributed by atoms with Gasteiger partial charge in [-0.25, -0.2) is 0 Å². The summed E-state index contributed by atoms with van der Waals surface area (Å²) in [6.07, 6.45) is 2.99. The molecule has 0 bridgehead atoms. The minimum absolute atomic E-state index is 0.392. The Balaban J connectivity index is 1.47. The molecule has 2 atom stereocenters. The van der Waals surface area contributed by atoms with E-state index in [-0.39, 0.29) is 0 Å². The number of thiophene rings is 1. The van der Waals surface area contributed by atoms with Gasteiger partial charge >= 0.3 is 6.61 Å². The number of benzene rings is 1. The Bertz CT molecular complexity index is 943. The molecular weight excluding hydrogens is 402 g/mol. The number of ether oxygens (including phenoxy) is 1. The van der Waals surface area contributed by atoms with Crippen LogP contribution in [0.25, 0.3) is 10.9 Å². The molecule has 0 saturated carbocycles. The molecule has 2 aromatic heterocycles. The van der Waals surface area contributed by atoms with Crippen molar-refractivity contribution in [3.8, 4) is 0 Å². The number of H-pyrrole nitrogens is 1. The maximum atomic E-state index is 13.0. The monoisotopic (exact) mass is 424 g/mol. The number of hydrogen-bond donors (Lipinski definition) is 1. The molecule has 150 valence electrons. The van der Waals surface area contributed by atoms with Crippen LogP contribution < -0.4 is 0 Å². The first kappa shape index (κ1) is 19.7. The minimum Gasteiger partial charge on any atom is -0.361 e. The number of aromatic amines is 1. The van der Waals surface area contributed by atoms with Gasteiger partial charge in [0.2, 0.25) is 0 Å². The van der Waals surface area contributed by atoms with Crippen molar-refractivity contribution >= 4 is 33.0 Å². The van der Waals surface area contributed by atoms with Gasteiger partial charge in [-0.15, -0.1) is 11.3 Å². The lowest BCUT2D eigenvalue weighted by Crippen LogP contribution is -2.26. The fourth-order valence-electron chi connectivity index (χ4n) is 3.74. The van der Waals surface area contributed by atoms with Gasteiger partial charge in [0.05, 0.1) is 22.7 Å². The molecule has 1 unspecified atom stereocenters. The van der Waals surface area contributed by atoms with Crippen LogP contribution in [0.4, 0.5) is 8.78 Å². The number of fused-ring (bicyclic) bond motifs is 1. The average molecular weight is 425 g/mol. The molecule has 1 aliphatic rings. The Hall–Kier alpha value is -1.61. The summed E-state index contributed by atoms with van der Waals surface area (Å²) in [6.45, 7) is -0.651. The number of hydrogen-bond acceptors (Lipinski definition) is 4. The van der Waals surface area contributed by atoms with Crippen molar-refractivity contribution in [2.75, 3.05) is 19.6 Å². The summed E-state index contributed by atoms with van der Waals surface area (Å²) in [7, 11) is -1.12. The van der Waals surface area contributed by atoms with Gasteiger partial charge in [-0.2, -0.15) is 8.78 Å². The summed E-state index contributed by atoms with van der Waals surface area (Å²) >= 11 is 1.62. The fourth-order valence-corrected chi connectivity index (χ4v) is 6.04. The van der Waals surface area contributed by atoms with Crippen LogP contribution in [0.5, 0.6) is 0 Å². The number of alkyl halides is 2. The summed E-state index contributed by atoms with van der Waals surface area (Å²) < 4.78 is 42.4. The van der Waals surface area contributed by atoms with Gasteiger partial charge in [-0.05, 0) is 42.0 Å². The molecule has 1 saturated heterocycles. The maximum Gasteiger partial charge on any atom is 0.345 e. The Morgan fingerprint density at radius 1 is 1.32 bits per heavy atom. The predicted octanol–water partition coefficient (Wildman–Crippen LogP) is 4.39. The van der Waals surface area contributed by atoms with Crippen molar-refractivity contribution in [3.05, 3.63) is 52.3 Å². The third-order valence-corrected chi connectivity index (χ3v) is 7.53. The Morgan fingerprint density at radius 2 is 2.21 bits per heavy atom. The number of likely N-dealkylation sites (tertiary alicyclic amines) is 1. The number of halogens is 2. The average Bonchev–Trinajstić information content (AvgIpc) is 3.40. The van der Waals surface area contributed by atoms with E-state index >= 15 is 0 Å². The van der Waals surface area contributed by atoms with Crippen LogP contribution in [0, 0.1) is 0 Å². The number of nitrogens with one attached hydrogen (secondary N) is 1. The number of nitrogens with zero attached hydrogens (tertiary/aromatic N) is 1. The van der Waals surface area contributed by atoms with Crippen LogP contribution in [0.3, 0.4) is 0 Å². The lowest BCUT2D eigenvalue weighted by molar-refractivity contribution is -0.158. The van der Waals surface area contributed by atoms with Crippen LogP contribution in [0.15, 0.2) is 46.8 Å². The molecule has 28 heavy (non-hydrogen) atoms. The molecule has 4 nitrogen and oxygen atoms in total. The van der Waals surface area contributed by atoms with Crippen molar-refractivity contribution < 1.29 is 17.7 Å². The molecular formula is C20H22F2N2O2S2. The molecule has 0 radical (unpaired) electrons. The van der Waals surface area contributed by atoms with Gasteiger partial charge in [-0.1, -0.05) is 12.1 Å². The summed E-state index contributed by atoms with van der Waals surface area (Å²) in [5, 5.41) is 3.02. The smallest absolute Gasteiger partial charge is 0.345 e. The second kappa shape index (κ2) is 8.82. The number of rotatable bonds is 8. The van der Waals surface area contributed by atoms with Crippen LogP contribution in [-0.2, 0) is 27.7 Å². The van der Waals surface area contributed by atoms with E-state index in [1.54, 1.807) is 11.3 Å². The van der Waals surface area contributed by atoms with Gasteiger partial charge in [0.1, 0.15) is 0 Å². The van der Waals surface area contributed by atoms with Crippen LogP contribution in [0.2, 0.25) is 0 Å². The molecule has 1 fully saturated rings. The topological polar surface area (TPSA) is 45.3 Å². The lowest BCUT2D eigenvalue weighted by atomic mass is 10.1. The first-order valence-electron chi connectivity index (χ1n) is 9.26. The van der Waals surface area contributed by atoms with Gasteiger partial charge in [0, 0.05) is 46.5 Å². The van der Waals surface area contributed by atoms with Crippen molar-refractivity contribution in [1.82, 2.24) is 9.88 Å². The maximum absolute atomic E-state index is 13.0. The van der Waals surface area contributed by atoms with Crippen molar-refractivity contribution in [2.45, 2.75) is 36.2 Å². The summed E-state index contributed by atoms with van der Waals surface area (Å²) in [4.78, 5) is 7.38. The Labute approximate surface area is 169 Å². The van der Waals surface area contributed by atoms with E-state index in [9.17, 15) is 13.0 Å². The van der Waals surface area contributed by atoms with E-state index in [0.717, 1.165) is 45.7 Å².